The largest absolute Gasteiger partial charge is 0.353 e. The first-order valence-corrected chi connectivity index (χ1v) is 7.32. The molecule has 0 atom stereocenters. The molecule has 1 aliphatic heterocycles. The molecule has 0 saturated carbocycles. The molecular weight excluding hydrogens is 234 g/mol. The average Bonchev–Trinajstić information content (AvgIpc) is 2.45. The standard InChI is InChI=1S/C16H25N3/c1-4-15-10-14(12-17-13(2)3)11-16(18-15)19-8-6-5-7-9-19/h5-6,10-11,13,17H,4,7-9,12H2,1-3H3. The Kier molecular flexibility index (Phi) is 4.97. The maximum absolute atomic E-state index is 4.77. The van der Waals surface area contributed by atoms with E-state index < -0.39 is 0 Å². The van der Waals surface area contributed by atoms with Gasteiger partial charge in [-0.05, 0) is 30.5 Å². The smallest absolute Gasteiger partial charge is 0.129 e. The quantitative estimate of drug-likeness (QED) is 0.824. The van der Waals surface area contributed by atoms with Crippen molar-refractivity contribution in [1.82, 2.24) is 10.3 Å². The van der Waals surface area contributed by atoms with E-state index in [0.717, 1.165) is 38.3 Å². The van der Waals surface area contributed by atoms with Gasteiger partial charge in [-0.25, -0.2) is 4.98 Å². The third-order valence-corrected chi connectivity index (χ3v) is 3.38. The summed E-state index contributed by atoms with van der Waals surface area (Å²) in [5.41, 5.74) is 2.53. The van der Waals surface area contributed by atoms with Gasteiger partial charge in [0, 0.05) is 31.4 Å². The lowest BCUT2D eigenvalue weighted by atomic mass is 10.1. The van der Waals surface area contributed by atoms with Crippen molar-refractivity contribution in [3.8, 4) is 0 Å². The van der Waals surface area contributed by atoms with Gasteiger partial charge in [-0.15, -0.1) is 0 Å². The molecule has 2 rings (SSSR count). The number of rotatable bonds is 5. The van der Waals surface area contributed by atoms with Gasteiger partial charge in [0.25, 0.3) is 0 Å². The van der Waals surface area contributed by atoms with E-state index in [1.54, 1.807) is 0 Å². The summed E-state index contributed by atoms with van der Waals surface area (Å²) in [5.74, 6) is 1.13. The maximum Gasteiger partial charge on any atom is 0.129 e. The van der Waals surface area contributed by atoms with Crippen LogP contribution in [0.2, 0.25) is 0 Å². The highest BCUT2D eigenvalue weighted by atomic mass is 15.2. The second-order valence-corrected chi connectivity index (χ2v) is 5.42. The second kappa shape index (κ2) is 6.71. The summed E-state index contributed by atoms with van der Waals surface area (Å²) in [7, 11) is 0. The number of aryl methyl sites for hydroxylation is 1. The van der Waals surface area contributed by atoms with Gasteiger partial charge in [0.1, 0.15) is 5.82 Å². The molecule has 104 valence electrons. The van der Waals surface area contributed by atoms with E-state index >= 15 is 0 Å². The van der Waals surface area contributed by atoms with Crippen LogP contribution in [0.5, 0.6) is 0 Å². The normalized spacial score (nSPS) is 15.3. The average molecular weight is 259 g/mol. The van der Waals surface area contributed by atoms with Crippen LogP contribution in [-0.4, -0.2) is 24.1 Å². The third kappa shape index (κ3) is 4.06. The Balaban J connectivity index is 2.17. The molecule has 0 fully saturated rings. The van der Waals surface area contributed by atoms with Crippen molar-refractivity contribution in [3.05, 3.63) is 35.5 Å². The van der Waals surface area contributed by atoms with Crippen molar-refractivity contribution in [2.24, 2.45) is 0 Å². The number of anilines is 1. The lowest BCUT2D eigenvalue weighted by Crippen LogP contribution is -2.28. The van der Waals surface area contributed by atoms with Crippen LogP contribution in [-0.2, 0) is 13.0 Å². The first kappa shape index (κ1) is 14.1. The molecule has 0 saturated heterocycles. The second-order valence-electron chi connectivity index (χ2n) is 5.42. The molecule has 0 bridgehead atoms. The molecule has 0 spiro atoms. The van der Waals surface area contributed by atoms with Gasteiger partial charge in [-0.3, -0.25) is 0 Å². The molecule has 1 N–H and O–H groups in total. The first-order valence-electron chi connectivity index (χ1n) is 7.32. The molecule has 2 heterocycles. The first-order chi connectivity index (χ1) is 9.19. The summed E-state index contributed by atoms with van der Waals surface area (Å²) in [6.07, 6.45) is 6.60. The molecular formula is C16H25N3. The number of hydrogen-bond acceptors (Lipinski definition) is 3. The molecule has 0 aromatic carbocycles. The fraction of sp³-hybridized carbons (Fsp3) is 0.562. The van der Waals surface area contributed by atoms with Crippen LogP contribution in [0.15, 0.2) is 24.3 Å². The van der Waals surface area contributed by atoms with Crippen molar-refractivity contribution in [2.45, 2.75) is 46.2 Å². The van der Waals surface area contributed by atoms with Crippen LogP contribution >= 0.6 is 0 Å². The number of hydrogen-bond donors (Lipinski definition) is 1. The van der Waals surface area contributed by atoms with Gasteiger partial charge in [-0.1, -0.05) is 32.9 Å². The van der Waals surface area contributed by atoms with Gasteiger partial charge >= 0.3 is 0 Å². The Morgan fingerprint density at radius 1 is 1.32 bits per heavy atom. The Bertz CT molecular complexity index is 438. The number of aromatic nitrogens is 1. The molecule has 1 aliphatic rings. The van der Waals surface area contributed by atoms with Crippen LogP contribution in [0.25, 0.3) is 0 Å². The van der Waals surface area contributed by atoms with E-state index in [2.05, 4.69) is 55.3 Å². The summed E-state index contributed by atoms with van der Waals surface area (Å²) in [6, 6.07) is 4.96. The summed E-state index contributed by atoms with van der Waals surface area (Å²) >= 11 is 0. The van der Waals surface area contributed by atoms with Gasteiger partial charge in [0.15, 0.2) is 0 Å². The lowest BCUT2D eigenvalue weighted by molar-refractivity contribution is 0.588. The number of nitrogens with zero attached hydrogens (tertiary/aromatic N) is 2. The van der Waals surface area contributed by atoms with Gasteiger partial charge in [0.05, 0.1) is 0 Å². The van der Waals surface area contributed by atoms with Crippen LogP contribution < -0.4 is 10.2 Å². The summed E-state index contributed by atoms with van der Waals surface area (Å²) in [6.45, 7) is 9.51. The fourth-order valence-electron chi connectivity index (χ4n) is 2.25. The minimum absolute atomic E-state index is 0.514. The van der Waals surface area contributed by atoms with Crippen molar-refractivity contribution in [1.29, 1.82) is 0 Å². The summed E-state index contributed by atoms with van der Waals surface area (Å²) in [5, 5.41) is 3.48. The highest BCUT2D eigenvalue weighted by molar-refractivity contribution is 5.44. The Morgan fingerprint density at radius 3 is 2.79 bits per heavy atom. The van der Waals surface area contributed by atoms with Crippen molar-refractivity contribution in [2.75, 3.05) is 18.0 Å². The van der Waals surface area contributed by atoms with E-state index in [4.69, 9.17) is 4.98 Å². The van der Waals surface area contributed by atoms with Crippen LogP contribution in [0, 0.1) is 0 Å². The van der Waals surface area contributed by atoms with E-state index in [9.17, 15) is 0 Å². The van der Waals surface area contributed by atoms with Gasteiger partial charge in [-0.2, -0.15) is 0 Å². The van der Waals surface area contributed by atoms with E-state index in [1.165, 1.54) is 11.3 Å². The molecule has 1 aromatic rings. The molecule has 0 unspecified atom stereocenters. The Hall–Kier alpha value is -1.35. The monoisotopic (exact) mass is 259 g/mol. The Labute approximate surface area is 116 Å². The molecule has 3 nitrogen and oxygen atoms in total. The highest BCUT2D eigenvalue weighted by Gasteiger charge is 2.11. The summed E-state index contributed by atoms with van der Waals surface area (Å²) < 4.78 is 0. The predicted octanol–water partition coefficient (Wildman–Crippen LogP) is 2.91. The Morgan fingerprint density at radius 2 is 2.16 bits per heavy atom. The molecule has 0 amide bonds. The topological polar surface area (TPSA) is 28.2 Å². The predicted molar refractivity (Wildman–Crippen MR) is 81.6 cm³/mol. The van der Waals surface area contributed by atoms with Crippen LogP contribution in [0.4, 0.5) is 5.82 Å². The van der Waals surface area contributed by atoms with Crippen LogP contribution in [0.3, 0.4) is 0 Å². The third-order valence-electron chi connectivity index (χ3n) is 3.38. The number of pyridine rings is 1. The SMILES string of the molecule is CCc1cc(CNC(C)C)cc(N2CC=CCC2)n1. The number of nitrogens with one attached hydrogen (secondary N) is 1. The van der Waals surface area contributed by atoms with Gasteiger partial charge < -0.3 is 10.2 Å². The zero-order valence-corrected chi connectivity index (χ0v) is 12.3. The minimum atomic E-state index is 0.514. The van der Waals surface area contributed by atoms with E-state index in [1.807, 2.05) is 0 Å². The zero-order valence-electron chi connectivity index (χ0n) is 12.3. The molecule has 19 heavy (non-hydrogen) atoms. The minimum Gasteiger partial charge on any atom is -0.353 e. The van der Waals surface area contributed by atoms with Crippen molar-refractivity contribution >= 4 is 5.82 Å². The zero-order chi connectivity index (χ0) is 13.7. The summed E-state index contributed by atoms with van der Waals surface area (Å²) in [4.78, 5) is 7.13. The highest BCUT2D eigenvalue weighted by Crippen LogP contribution is 2.18. The van der Waals surface area contributed by atoms with Crippen LogP contribution in [0.1, 0.15) is 38.4 Å². The van der Waals surface area contributed by atoms with Crippen molar-refractivity contribution in [3.63, 3.8) is 0 Å². The molecule has 3 heteroatoms. The molecule has 0 radical (unpaired) electrons. The molecule has 1 aromatic heterocycles. The van der Waals surface area contributed by atoms with Gasteiger partial charge in [0.2, 0.25) is 0 Å². The van der Waals surface area contributed by atoms with E-state index in [0.29, 0.717) is 6.04 Å². The lowest BCUT2D eigenvalue weighted by Gasteiger charge is -2.25. The van der Waals surface area contributed by atoms with E-state index in [-0.39, 0.29) is 0 Å². The fourth-order valence-corrected chi connectivity index (χ4v) is 2.25. The van der Waals surface area contributed by atoms with Crippen molar-refractivity contribution < 1.29 is 0 Å². The molecule has 0 aliphatic carbocycles. The maximum atomic E-state index is 4.77.